The average Bonchev–Trinajstić information content (AvgIpc) is 2.20. The van der Waals surface area contributed by atoms with Crippen molar-refractivity contribution in [2.45, 2.75) is 6.42 Å². The summed E-state index contributed by atoms with van der Waals surface area (Å²) in [6.45, 7) is 0. The average molecular weight is 283 g/mol. The van der Waals surface area contributed by atoms with Gasteiger partial charge >= 0.3 is 0 Å². The summed E-state index contributed by atoms with van der Waals surface area (Å²) < 4.78 is 51.5. The summed E-state index contributed by atoms with van der Waals surface area (Å²) in [4.78, 5) is 0. The SMILES string of the molecule is Fc1cc(F)c(F)c(C=CCCBr)c1F. The highest BCUT2D eigenvalue weighted by atomic mass is 79.9. The van der Waals surface area contributed by atoms with E-state index >= 15 is 0 Å². The van der Waals surface area contributed by atoms with Crippen molar-refractivity contribution in [3.8, 4) is 0 Å². The molecule has 0 aliphatic heterocycles. The standard InChI is InChI=1S/C10H7BrF4/c11-4-2-1-3-6-9(14)7(12)5-8(13)10(6)15/h1,3,5H,2,4H2. The van der Waals surface area contributed by atoms with Crippen LogP contribution in [0.3, 0.4) is 0 Å². The molecule has 15 heavy (non-hydrogen) atoms. The molecule has 1 aromatic carbocycles. The molecule has 0 radical (unpaired) electrons. The maximum atomic E-state index is 13.0. The summed E-state index contributed by atoms with van der Waals surface area (Å²) in [5.41, 5.74) is -0.687. The first kappa shape index (κ1) is 12.2. The first-order valence-corrected chi connectivity index (χ1v) is 5.25. The van der Waals surface area contributed by atoms with Gasteiger partial charge in [0, 0.05) is 11.4 Å². The summed E-state index contributed by atoms with van der Waals surface area (Å²) in [5.74, 6) is -5.54. The molecule has 0 saturated carbocycles. The Morgan fingerprint density at radius 3 is 2.07 bits per heavy atom. The van der Waals surface area contributed by atoms with Crippen LogP contribution in [0.15, 0.2) is 12.1 Å². The summed E-state index contributed by atoms with van der Waals surface area (Å²) in [7, 11) is 0. The van der Waals surface area contributed by atoms with Gasteiger partial charge in [0.2, 0.25) is 0 Å². The molecule has 0 saturated heterocycles. The van der Waals surface area contributed by atoms with Crippen LogP contribution in [0.2, 0.25) is 0 Å². The van der Waals surface area contributed by atoms with Gasteiger partial charge in [-0.15, -0.1) is 0 Å². The molecule has 0 bridgehead atoms. The topological polar surface area (TPSA) is 0 Å². The largest absolute Gasteiger partial charge is 0.204 e. The predicted octanol–water partition coefficient (Wildman–Crippen LogP) is 4.04. The van der Waals surface area contributed by atoms with Crippen molar-refractivity contribution in [1.29, 1.82) is 0 Å². The zero-order chi connectivity index (χ0) is 11.4. The molecule has 0 unspecified atom stereocenters. The lowest BCUT2D eigenvalue weighted by Crippen LogP contribution is -1.97. The fourth-order valence-corrected chi connectivity index (χ4v) is 1.27. The number of hydrogen-bond donors (Lipinski definition) is 0. The minimum Gasteiger partial charge on any atom is -0.204 e. The first-order chi connectivity index (χ1) is 7.07. The molecule has 5 heteroatoms. The van der Waals surface area contributed by atoms with Gasteiger partial charge in [-0.1, -0.05) is 28.1 Å². The second-order valence-electron chi connectivity index (χ2n) is 2.76. The molecule has 0 amide bonds. The first-order valence-electron chi connectivity index (χ1n) is 4.13. The maximum absolute atomic E-state index is 13.0. The van der Waals surface area contributed by atoms with E-state index in [0.29, 0.717) is 11.8 Å². The van der Waals surface area contributed by atoms with E-state index in [1.807, 2.05) is 0 Å². The third-order valence-electron chi connectivity index (χ3n) is 1.71. The van der Waals surface area contributed by atoms with Crippen molar-refractivity contribution >= 4 is 22.0 Å². The Bertz CT molecular complexity index is 361. The van der Waals surface area contributed by atoms with Crippen molar-refractivity contribution in [1.82, 2.24) is 0 Å². The molecule has 0 heterocycles. The van der Waals surface area contributed by atoms with Crippen molar-refractivity contribution < 1.29 is 17.6 Å². The van der Waals surface area contributed by atoms with Crippen molar-refractivity contribution in [2.24, 2.45) is 0 Å². The molecule has 0 nitrogen and oxygen atoms in total. The molecule has 1 rings (SSSR count). The van der Waals surface area contributed by atoms with Crippen LogP contribution in [0.1, 0.15) is 12.0 Å². The Morgan fingerprint density at radius 2 is 1.60 bits per heavy atom. The van der Waals surface area contributed by atoms with Crippen LogP contribution in [0, 0.1) is 23.3 Å². The van der Waals surface area contributed by atoms with E-state index in [9.17, 15) is 17.6 Å². The zero-order valence-corrected chi connectivity index (χ0v) is 9.12. The Hall–Kier alpha value is -0.840. The van der Waals surface area contributed by atoms with Crippen LogP contribution in [0.25, 0.3) is 6.08 Å². The molecule has 82 valence electrons. The van der Waals surface area contributed by atoms with Crippen LogP contribution >= 0.6 is 15.9 Å². The monoisotopic (exact) mass is 282 g/mol. The molecule has 0 aliphatic carbocycles. The Kier molecular flexibility index (Phi) is 4.32. The van der Waals surface area contributed by atoms with Gasteiger partial charge in [-0.3, -0.25) is 0 Å². The number of rotatable bonds is 3. The van der Waals surface area contributed by atoms with Gasteiger partial charge in [0.15, 0.2) is 23.3 Å². The second kappa shape index (κ2) is 5.30. The lowest BCUT2D eigenvalue weighted by Gasteiger charge is -2.01. The number of halogens is 5. The number of allylic oxidation sites excluding steroid dienone is 1. The minimum absolute atomic E-state index is 0.187. The van der Waals surface area contributed by atoms with Crippen molar-refractivity contribution in [3.05, 3.63) is 41.0 Å². The van der Waals surface area contributed by atoms with Gasteiger partial charge in [-0.25, -0.2) is 17.6 Å². The Morgan fingerprint density at radius 1 is 1.07 bits per heavy atom. The van der Waals surface area contributed by atoms with Gasteiger partial charge in [-0.2, -0.15) is 0 Å². The fraction of sp³-hybridized carbons (Fsp3) is 0.200. The molecule has 0 N–H and O–H groups in total. The molecule has 0 atom stereocenters. The molecular formula is C10H7BrF4. The Balaban J connectivity index is 3.15. The highest BCUT2D eigenvalue weighted by Crippen LogP contribution is 2.20. The summed E-state index contributed by atoms with van der Waals surface area (Å²) in [6.07, 6.45) is 2.96. The van der Waals surface area contributed by atoms with Crippen molar-refractivity contribution in [3.63, 3.8) is 0 Å². The third kappa shape index (κ3) is 2.81. The molecule has 0 spiro atoms. The van der Waals surface area contributed by atoms with Gasteiger partial charge in [0.05, 0.1) is 5.56 Å². The third-order valence-corrected chi connectivity index (χ3v) is 2.16. The van der Waals surface area contributed by atoms with E-state index in [2.05, 4.69) is 15.9 Å². The molecular weight excluding hydrogens is 276 g/mol. The van der Waals surface area contributed by atoms with Crippen molar-refractivity contribution in [2.75, 3.05) is 5.33 Å². The number of hydrogen-bond acceptors (Lipinski definition) is 0. The number of benzene rings is 1. The lowest BCUT2D eigenvalue weighted by atomic mass is 10.1. The summed E-state index contributed by atoms with van der Waals surface area (Å²) in [6, 6.07) is 0.187. The van der Waals surface area contributed by atoms with E-state index in [1.165, 1.54) is 6.08 Å². The van der Waals surface area contributed by atoms with Gasteiger partial charge in [-0.05, 0) is 6.42 Å². The predicted molar refractivity (Wildman–Crippen MR) is 53.7 cm³/mol. The van der Waals surface area contributed by atoms with E-state index in [-0.39, 0.29) is 6.07 Å². The van der Waals surface area contributed by atoms with Crippen LogP contribution in [0.4, 0.5) is 17.6 Å². The molecule has 1 aromatic rings. The quantitative estimate of drug-likeness (QED) is 0.446. The van der Waals surface area contributed by atoms with Gasteiger partial charge < -0.3 is 0 Å². The highest BCUT2D eigenvalue weighted by Gasteiger charge is 2.16. The summed E-state index contributed by atoms with van der Waals surface area (Å²) >= 11 is 3.10. The van der Waals surface area contributed by atoms with Crippen LogP contribution in [-0.2, 0) is 0 Å². The molecule has 0 aliphatic rings. The lowest BCUT2D eigenvalue weighted by molar-refractivity contribution is 0.451. The van der Waals surface area contributed by atoms with Gasteiger partial charge in [0.1, 0.15) is 0 Å². The Labute approximate surface area is 92.7 Å². The molecule has 0 aromatic heterocycles. The van der Waals surface area contributed by atoms with E-state index in [1.54, 1.807) is 0 Å². The minimum atomic E-state index is -1.40. The second-order valence-corrected chi connectivity index (χ2v) is 3.55. The normalized spacial score (nSPS) is 11.3. The summed E-state index contributed by atoms with van der Waals surface area (Å²) in [5, 5.41) is 0.602. The number of alkyl halides is 1. The van der Waals surface area contributed by atoms with Crippen LogP contribution < -0.4 is 0 Å². The zero-order valence-electron chi connectivity index (χ0n) is 7.54. The van der Waals surface area contributed by atoms with E-state index < -0.39 is 28.8 Å². The van der Waals surface area contributed by atoms with E-state index in [0.717, 1.165) is 6.08 Å². The van der Waals surface area contributed by atoms with Crippen LogP contribution in [-0.4, -0.2) is 5.33 Å². The van der Waals surface area contributed by atoms with Crippen LogP contribution in [0.5, 0.6) is 0 Å². The van der Waals surface area contributed by atoms with E-state index in [4.69, 9.17) is 0 Å². The maximum Gasteiger partial charge on any atom is 0.169 e. The fourth-order valence-electron chi connectivity index (χ4n) is 1.00. The highest BCUT2D eigenvalue weighted by molar-refractivity contribution is 9.09. The van der Waals surface area contributed by atoms with Gasteiger partial charge in [0.25, 0.3) is 0 Å². The smallest absolute Gasteiger partial charge is 0.169 e. The molecule has 0 fully saturated rings.